The molecule has 0 bridgehead atoms. The minimum Gasteiger partial charge on any atom is -0.352 e. The number of piperidine rings is 1. The van der Waals surface area contributed by atoms with Crippen LogP contribution >= 0.6 is 11.6 Å². The van der Waals surface area contributed by atoms with Crippen molar-refractivity contribution in [2.24, 2.45) is 5.92 Å². The van der Waals surface area contributed by atoms with Gasteiger partial charge in [0.1, 0.15) is 6.04 Å². The summed E-state index contributed by atoms with van der Waals surface area (Å²) in [6.45, 7) is 8.46. The summed E-state index contributed by atoms with van der Waals surface area (Å²) in [5, 5.41) is 3.82. The van der Waals surface area contributed by atoms with Crippen LogP contribution < -0.4 is 10.0 Å². The molecule has 1 fully saturated rings. The highest BCUT2D eigenvalue weighted by molar-refractivity contribution is 7.89. The van der Waals surface area contributed by atoms with E-state index in [0.717, 1.165) is 43.1 Å². The predicted octanol–water partition coefficient (Wildman–Crippen LogP) is 4.12. The first-order valence-corrected chi connectivity index (χ1v) is 13.3. The van der Waals surface area contributed by atoms with Crippen molar-refractivity contribution in [1.29, 1.82) is 0 Å². The lowest BCUT2D eigenvalue weighted by Crippen LogP contribution is -2.52. The Balaban J connectivity index is 1.56. The molecule has 8 heteroatoms. The van der Waals surface area contributed by atoms with Gasteiger partial charge in [-0.1, -0.05) is 55.3 Å². The Morgan fingerprint density at radius 3 is 2.24 bits per heavy atom. The van der Waals surface area contributed by atoms with E-state index in [9.17, 15) is 13.2 Å². The van der Waals surface area contributed by atoms with Crippen LogP contribution in [0.2, 0.25) is 5.02 Å². The van der Waals surface area contributed by atoms with Crippen LogP contribution in [-0.2, 0) is 21.4 Å². The van der Waals surface area contributed by atoms with Crippen molar-refractivity contribution in [2.75, 3.05) is 13.1 Å². The zero-order valence-corrected chi connectivity index (χ0v) is 21.1. The Kier molecular flexibility index (Phi) is 8.93. The lowest BCUT2D eigenvalue weighted by molar-refractivity contribution is -0.124. The molecule has 1 saturated heterocycles. The van der Waals surface area contributed by atoms with E-state index in [1.165, 1.54) is 5.56 Å². The van der Waals surface area contributed by atoms with Crippen LogP contribution in [0.1, 0.15) is 44.2 Å². The van der Waals surface area contributed by atoms with Crippen LogP contribution in [0.5, 0.6) is 0 Å². The van der Waals surface area contributed by atoms with Gasteiger partial charge < -0.3 is 5.32 Å². The second kappa shape index (κ2) is 11.5. The van der Waals surface area contributed by atoms with Gasteiger partial charge in [-0.2, -0.15) is 4.72 Å². The van der Waals surface area contributed by atoms with Crippen molar-refractivity contribution in [3.63, 3.8) is 0 Å². The molecule has 180 valence electrons. The molecule has 0 spiro atoms. The zero-order chi connectivity index (χ0) is 24.0. The third kappa shape index (κ3) is 7.81. The number of nitrogens with one attached hydrogen (secondary N) is 2. The molecule has 1 amide bonds. The monoisotopic (exact) mass is 491 g/mol. The van der Waals surface area contributed by atoms with E-state index < -0.39 is 16.1 Å². The minimum atomic E-state index is -3.78. The van der Waals surface area contributed by atoms with E-state index in [1.807, 2.05) is 45.0 Å². The van der Waals surface area contributed by atoms with Crippen LogP contribution in [-0.4, -0.2) is 44.4 Å². The fourth-order valence-electron chi connectivity index (χ4n) is 4.04. The lowest BCUT2D eigenvalue weighted by atomic mass is 10.0. The number of amides is 1. The van der Waals surface area contributed by atoms with E-state index in [4.69, 9.17) is 11.6 Å². The molecule has 2 aromatic rings. The van der Waals surface area contributed by atoms with Crippen LogP contribution in [0.4, 0.5) is 0 Å². The molecule has 3 rings (SSSR count). The third-order valence-corrected chi connectivity index (χ3v) is 7.65. The minimum absolute atomic E-state index is 0.0394. The average molecular weight is 492 g/mol. The highest BCUT2D eigenvalue weighted by atomic mass is 35.5. The van der Waals surface area contributed by atoms with Gasteiger partial charge in [-0.15, -0.1) is 0 Å². The van der Waals surface area contributed by atoms with Gasteiger partial charge in [0.15, 0.2) is 0 Å². The number of hydrogen-bond donors (Lipinski definition) is 2. The maximum absolute atomic E-state index is 13.1. The number of nitrogens with zero attached hydrogens (tertiary/aromatic N) is 1. The second-order valence-corrected chi connectivity index (χ2v) is 11.5. The number of likely N-dealkylation sites (tertiary alicyclic amines) is 1. The van der Waals surface area contributed by atoms with Gasteiger partial charge >= 0.3 is 0 Å². The first-order chi connectivity index (χ1) is 15.6. The molecule has 1 aliphatic rings. The summed E-state index contributed by atoms with van der Waals surface area (Å²) in [5.74, 6) is -0.0850. The number of sulfonamides is 1. The molecule has 0 saturated carbocycles. The zero-order valence-electron chi connectivity index (χ0n) is 19.6. The van der Waals surface area contributed by atoms with Crippen molar-refractivity contribution in [3.8, 4) is 0 Å². The number of benzene rings is 2. The first kappa shape index (κ1) is 25.7. The van der Waals surface area contributed by atoms with Crippen LogP contribution in [0.15, 0.2) is 53.4 Å². The van der Waals surface area contributed by atoms with Gasteiger partial charge in [0.2, 0.25) is 15.9 Å². The molecule has 0 aromatic heterocycles. The van der Waals surface area contributed by atoms with Crippen LogP contribution in [0, 0.1) is 12.8 Å². The Labute approximate surface area is 202 Å². The van der Waals surface area contributed by atoms with Gasteiger partial charge in [-0.25, -0.2) is 8.42 Å². The molecule has 0 aliphatic carbocycles. The lowest BCUT2D eigenvalue weighted by Gasteiger charge is -2.33. The molecule has 1 atom stereocenters. The number of hydrogen-bond acceptors (Lipinski definition) is 4. The van der Waals surface area contributed by atoms with E-state index in [-0.39, 0.29) is 22.8 Å². The molecule has 1 unspecified atom stereocenters. The maximum Gasteiger partial charge on any atom is 0.241 e. The summed E-state index contributed by atoms with van der Waals surface area (Å²) >= 11 is 5.96. The molecular formula is C25H34ClN3O3S. The van der Waals surface area contributed by atoms with Crippen molar-refractivity contribution < 1.29 is 13.2 Å². The molecule has 33 heavy (non-hydrogen) atoms. The normalized spacial score (nSPS) is 16.6. The maximum atomic E-state index is 13.1. The smallest absolute Gasteiger partial charge is 0.241 e. The first-order valence-electron chi connectivity index (χ1n) is 11.5. The van der Waals surface area contributed by atoms with Crippen LogP contribution in [0.25, 0.3) is 0 Å². The fourth-order valence-corrected chi connectivity index (χ4v) is 5.37. The summed E-state index contributed by atoms with van der Waals surface area (Å²) in [7, 11) is -3.78. The predicted molar refractivity (Wildman–Crippen MR) is 133 cm³/mol. The van der Waals surface area contributed by atoms with Gasteiger partial charge in [-0.3, -0.25) is 9.69 Å². The van der Waals surface area contributed by atoms with E-state index in [2.05, 4.69) is 14.9 Å². The number of aryl methyl sites for hydroxylation is 1. The van der Waals surface area contributed by atoms with Gasteiger partial charge in [0, 0.05) is 30.7 Å². The quantitative estimate of drug-likeness (QED) is 0.553. The summed E-state index contributed by atoms with van der Waals surface area (Å²) in [4.78, 5) is 15.6. The average Bonchev–Trinajstić information content (AvgIpc) is 2.76. The topological polar surface area (TPSA) is 78.5 Å². The SMILES string of the molecule is Cc1ccc(S(=O)(=O)NC(CC(C)C)C(=O)NC2CCN(Cc3ccc(Cl)cc3)CC2)cc1. The van der Waals surface area contributed by atoms with Crippen molar-refractivity contribution >= 4 is 27.5 Å². The van der Waals surface area contributed by atoms with Gasteiger partial charge in [0.25, 0.3) is 0 Å². The van der Waals surface area contributed by atoms with Crippen molar-refractivity contribution in [1.82, 2.24) is 14.9 Å². The fraction of sp³-hybridized carbons (Fsp3) is 0.480. The largest absolute Gasteiger partial charge is 0.352 e. The molecule has 1 heterocycles. The summed E-state index contributed by atoms with van der Waals surface area (Å²) < 4.78 is 28.4. The Morgan fingerprint density at radius 1 is 1.06 bits per heavy atom. The second-order valence-electron chi connectivity index (χ2n) is 9.30. The highest BCUT2D eigenvalue weighted by Crippen LogP contribution is 2.17. The Hall–Kier alpha value is -1.93. The molecule has 0 radical (unpaired) electrons. The third-order valence-electron chi connectivity index (χ3n) is 5.91. The summed E-state index contributed by atoms with van der Waals surface area (Å²) in [6.07, 6.45) is 2.10. The van der Waals surface area contributed by atoms with E-state index >= 15 is 0 Å². The molecule has 2 N–H and O–H groups in total. The highest BCUT2D eigenvalue weighted by Gasteiger charge is 2.29. The molecular weight excluding hydrogens is 458 g/mol. The van der Waals surface area contributed by atoms with Crippen LogP contribution in [0.3, 0.4) is 0 Å². The number of carbonyl (C=O) groups excluding carboxylic acids is 1. The van der Waals surface area contributed by atoms with E-state index in [0.29, 0.717) is 6.42 Å². The number of halogens is 1. The van der Waals surface area contributed by atoms with Gasteiger partial charge in [0.05, 0.1) is 4.90 Å². The summed E-state index contributed by atoms with van der Waals surface area (Å²) in [6, 6.07) is 13.7. The molecule has 2 aromatic carbocycles. The molecule has 1 aliphatic heterocycles. The Bertz CT molecular complexity index is 1020. The van der Waals surface area contributed by atoms with Crippen molar-refractivity contribution in [2.45, 2.75) is 63.6 Å². The van der Waals surface area contributed by atoms with E-state index in [1.54, 1.807) is 24.3 Å². The number of rotatable bonds is 9. The van der Waals surface area contributed by atoms with Crippen molar-refractivity contribution in [3.05, 3.63) is 64.7 Å². The Morgan fingerprint density at radius 2 is 1.67 bits per heavy atom. The molecule has 6 nitrogen and oxygen atoms in total. The summed E-state index contributed by atoms with van der Waals surface area (Å²) in [5.41, 5.74) is 2.19. The standard InChI is InChI=1S/C25H34ClN3O3S/c1-18(2)16-24(28-33(31,32)23-10-4-19(3)5-11-23)25(30)27-22-12-14-29(15-13-22)17-20-6-8-21(26)9-7-20/h4-11,18,22,24,28H,12-17H2,1-3H3,(H,27,30). The van der Waals surface area contributed by atoms with Gasteiger partial charge in [-0.05, 0) is 61.9 Å². The number of carbonyl (C=O) groups is 1.